The van der Waals surface area contributed by atoms with E-state index in [9.17, 15) is 8.42 Å². The van der Waals surface area contributed by atoms with Gasteiger partial charge in [-0.05, 0) is 30.9 Å². The lowest BCUT2D eigenvalue weighted by atomic mass is 10.2. The molecule has 3 nitrogen and oxygen atoms in total. The van der Waals surface area contributed by atoms with Gasteiger partial charge in [0.1, 0.15) is 0 Å². The van der Waals surface area contributed by atoms with Crippen LogP contribution in [0.25, 0.3) is 0 Å². The summed E-state index contributed by atoms with van der Waals surface area (Å²) in [5.74, 6) is 0.356. The van der Waals surface area contributed by atoms with Crippen molar-refractivity contribution in [3.63, 3.8) is 0 Å². The van der Waals surface area contributed by atoms with Gasteiger partial charge in [-0.3, -0.25) is 0 Å². The van der Waals surface area contributed by atoms with E-state index in [1.165, 1.54) is 0 Å². The number of nitrogens with zero attached hydrogens (tertiary/aromatic N) is 1. The normalized spacial score (nSPS) is 16.7. The van der Waals surface area contributed by atoms with Crippen LogP contribution >= 0.6 is 0 Å². The Kier molecular flexibility index (Phi) is 3.54. The minimum Gasteiger partial charge on any atom is -0.207 e. The van der Waals surface area contributed by atoms with Gasteiger partial charge in [-0.2, -0.15) is 4.31 Å². The van der Waals surface area contributed by atoms with Gasteiger partial charge in [0.05, 0.1) is 4.90 Å². The third-order valence-electron chi connectivity index (χ3n) is 2.85. The molecule has 1 saturated carbocycles. The molecule has 0 radical (unpaired) electrons. The first-order valence-electron chi connectivity index (χ1n) is 6.08. The summed E-state index contributed by atoms with van der Waals surface area (Å²) in [6, 6.07) is 8.95. The molecule has 0 amide bonds. The molecule has 0 aliphatic heterocycles. The molecule has 4 heteroatoms. The number of sulfonamides is 1. The monoisotopic (exact) mass is 253 g/mol. The number of hydrogen-bond acceptors (Lipinski definition) is 2. The van der Waals surface area contributed by atoms with Crippen LogP contribution in [0.3, 0.4) is 0 Å². The zero-order valence-corrected chi connectivity index (χ0v) is 11.2. The van der Waals surface area contributed by atoms with E-state index in [0.717, 1.165) is 12.8 Å². The van der Waals surface area contributed by atoms with E-state index in [4.69, 9.17) is 0 Å². The fraction of sp³-hybridized carbons (Fsp3) is 0.538. The summed E-state index contributed by atoms with van der Waals surface area (Å²) >= 11 is 0. The van der Waals surface area contributed by atoms with Gasteiger partial charge in [0.15, 0.2) is 0 Å². The topological polar surface area (TPSA) is 37.4 Å². The molecule has 1 aromatic carbocycles. The van der Waals surface area contributed by atoms with Crippen LogP contribution in [0, 0.1) is 5.92 Å². The zero-order valence-electron chi connectivity index (χ0n) is 10.3. The molecule has 0 atom stereocenters. The first-order valence-corrected chi connectivity index (χ1v) is 7.52. The Hall–Kier alpha value is -0.870. The number of benzene rings is 1. The van der Waals surface area contributed by atoms with Gasteiger partial charge >= 0.3 is 0 Å². The Morgan fingerprint density at radius 3 is 2.29 bits per heavy atom. The van der Waals surface area contributed by atoms with Crippen LogP contribution in [0.4, 0.5) is 0 Å². The lowest BCUT2D eigenvalue weighted by Gasteiger charge is -2.23. The molecule has 0 spiro atoms. The fourth-order valence-corrected chi connectivity index (χ4v) is 3.76. The molecule has 0 N–H and O–H groups in total. The van der Waals surface area contributed by atoms with Crippen LogP contribution in [0.5, 0.6) is 0 Å². The standard InChI is InChI=1S/C13H19NO2S/c1-11(2)10-14(12-8-9-12)17(15,16)13-6-4-3-5-7-13/h3-7,11-12H,8-10H2,1-2H3. The predicted octanol–water partition coefficient (Wildman–Crippen LogP) is 2.50. The Morgan fingerprint density at radius 2 is 1.82 bits per heavy atom. The van der Waals surface area contributed by atoms with Crippen molar-refractivity contribution in [3.8, 4) is 0 Å². The molecule has 1 aliphatic rings. The Bertz CT molecular complexity index is 463. The molecular weight excluding hydrogens is 234 g/mol. The Balaban J connectivity index is 2.29. The van der Waals surface area contributed by atoms with E-state index < -0.39 is 10.0 Å². The molecule has 0 heterocycles. The van der Waals surface area contributed by atoms with Crippen molar-refractivity contribution in [2.24, 2.45) is 5.92 Å². The van der Waals surface area contributed by atoms with Gasteiger partial charge < -0.3 is 0 Å². The molecule has 0 saturated heterocycles. The van der Waals surface area contributed by atoms with Crippen molar-refractivity contribution in [3.05, 3.63) is 30.3 Å². The fourth-order valence-electron chi connectivity index (χ4n) is 1.89. The maximum Gasteiger partial charge on any atom is 0.243 e. The van der Waals surface area contributed by atoms with Crippen molar-refractivity contribution in [1.29, 1.82) is 0 Å². The highest BCUT2D eigenvalue weighted by Crippen LogP contribution is 2.32. The largest absolute Gasteiger partial charge is 0.243 e. The molecular formula is C13H19NO2S. The third kappa shape index (κ3) is 2.87. The van der Waals surface area contributed by atoms with E-state index in [1.54, 1.807) is 28.6 Å². The maximum atomic E-state index is 12.5. The molecule has 17 heavy (non-hydrogen) atoms. The molecule has 1 aliphatic carbocycles. The molecule has 1 aromatic rings. The van der Waals surface area contributed by atoms with Gasteiger partial charge in [-0.25, -0.2) is 8.42 Å². The quantitative estimate of drug-likeness (QED) is 0.808. The Labute approximate surface area is 104 Å². The van der Waals surface area contributed by atoms with Crippen molar-refractivity contribution >= 4 is 10.0 Å². The van der Waals surface area contributed by atoms with Gasteiger partial charge in [0.25, 0.3) is 0 Å². The third-order valence-corrected chi connectivity index (χ3v) is 4.78. The average molecular weight is 253 g/mol. The van der Waals surface area contributed by atoms with E-state index in [1.807, 2.05) is 6.07 Å². The van der Waals surface area contributed by atoms with Gasteiger partial charge in [-0.15, -0.1) is 0 Å². The molecule has 0 unspecified atom stereocenters. The van der Waals surface area contributed by atoms with Crippen LogP contribution in [0.15, 0.2) is 35.2 Å². The highest BCUT2D eigenvalue weighted by Gasteiger charge is 2.38. The zero-order chi connectivity index (χ0) is 12.5. The molecule has 0 aromatic heterocycles. The number of hydrogen-bond donors (Lipinski definition) is 0. The maximum absolute atomic E-state index is 12.5. The van der Waals surface area contributed by atoms with Crippen molar-refractivity contribution in [2.45, 2.75) is 37.6 Å². The minimum atomic E-state index is -3.30. The molecule has 94 valence electrons. The van der Waals surface area contributed by atoms with E-state index in [2.05, 4.69) is 13.8 Å². The van der Waals surface area contributed by atoms with Gasteiger partial charge in [0.2, 0.25) is 10.0 Å². The molecule has 0 bridgehead atoms. The minimum absolute atomic E-state index is 0.225. The van der Waals surface area contributed by atoms with Crippen LogP contribution in [-0.2, 0) is 10.0 Å². The smallest absolute Gasteiger partial charge is 0.207 e. The highest BCUT2D eigenvalue weighted by molar-refractivity contribution is 7.89. The van der Waals surface area contributed by atoms with Crippen LogP contribution < -0.4 is 0 Å². The van der Waals surface area contributed by atoms with Crippen molar-refractivity contribution < 1.29 is 8.42 Å². The molecule has 2 rings (SSSR count). The first kappa shape index (κ1) is 12.6. The molecule has 1 fully saturated rings. The van der Waals surface area contributed by atoms with Crippen molar-refractivity contribution in [1.82, 2.24) is 4.31 Å². The second kappa shape index (κ2) is 4.78. The van der Waals surface area contributed by atoms with Crippen LogP contribution in [-0.4, -0.2) is 25.3 Å². The van der Waals surface area contributed by atoms with Crippen molar-refractivity contribution in [2.75, 3.05) is 6.54 Å². The summed E-state index contributed by atoms with van der Waals surface area (Å²) < 4.78 is 26.6. The average Bonchev–Trinajstić information content (AvgIpc) is 3.10. The predicted molar refractivity (Wildman–Crippen MR) is 68.2 cm³/mol. The second-order valence-corrected chi connectivity index (χ2v) is 6.90. The summed E-state index contributed by atoms with van der Waals surface area (Å²) in [5, 5.41) is 0. The van der Waals surface area contributed by atoms with Crippen LogP contribution in [0.2, 0.25) is 0 Å². The van der Waals surface area contributed by atoms with Gasteiger partial charge in [-0.1, -0.05) is 32.0 Å². The number of rotatable bonds is 5. The van der Waals surface area contributed by atoms with Gasteiger partial charge in [0, 0.05) is 12.6 Å². The lowest BCUT2D eigenvalue weighted by molar-refractivity contribution is 0.360. The van der Waals surface area contributed by atoms with Crippen LogP contribution in [0.1, 0.15) is 26.7 Å². The summed E-state index contributed by atoms with van der Waals surface area (Å²) in [6.07, 6.45) is 2.00. The second-order valence-electron chi connectivity index (χ2n) is 5.01. The Morgan fingerprint density at radius 1 is 1.24 bits per heavy atom. The summed E-state index contributed by atoms with van der Waals surface area (Å²) in [6.45, 7) is 4.72. The first-order chi connectivity index (χ1) is 8.01. The van der Waals surface area contributed by atoms with E-state index >= 15 is 0 Å². The summed E-state index contributed by atoms with van der Waals surface area (Å²) in [7, 11) is -3.30. The van der Waals surface area contributed by atoms with E-state index in [0.29, 0.717) is 17.4 Å². The summed E-state index contributed by atoms with van der Waals surface area (Å²) in [4.78, 5) is 0.410. The lowest BCUT2D eigenvalue weighted by Crippen LogP contribution is -2.36. The summed E-state index contributed by atoms with van der Waals surface area (Å²) in [5.41, 5.74) is 0. The van der Waals surface area contributed by atoms with E-state index in [-0.39, 0.29) is 6.04 Å². The highest BCUT2D eigenvalue weighted by atomic mass is 32.2. The SMILES string of the molecule is CC(C)CN(C1CC1)S(=O)(=O)c1ccccc1.